The maximum atomic E-state index is 13.5. The molecule has 1 aromatic carbocycles. The minimum Gasteiger partial charge on any atom is -0.483 e. The van der Waals surface area contributed by atoms with Crippen LogP contribution in [0, 0.1) is 5.82 Å². The summed E-state index contributed by atoms with van der Waals surface area (Å²) in [5.74, 6) is -0.585. The van der Waals surface area contributed by atoms with Gasteiger partial charge in [-0.1, -0.05) is 6.07 Å². The van der Waals surface area contributed by atoms with Crippen molar-refractivity contribution in [3.05, 3.63) is 54.6 Å². The van der Waals surface area contributed by atoms with Crippen LogP contribution < -0.4 is 10.2 Å². The maximum absolute atomic E-state index is 13.5. The number of carbonyl (C=O) groups is 1. The van der Waals surface area contributed by atoms with Gasteiger partial charge in [-0.2, -0.15) is 0 Å². The van der Waals surface area contributed by atoms with Crippen LogP contribution in [-0.2, 0) is 14.8 Å². The zero-order valence-electron chi connectivity index (χ0n) is 14.8. The van der Waals surface area contributed by atoms with Gasteiger partial charge >= 0.3 is 0 Å². The van der Waals surface area contributed by atoms with Gasteiger partial charge in [0, 0.05) is 38.6 Å². The third-order valence-electron chi connectivity index (χ3n) is 4.32. The fourth-order valence-electron chi connectivity index (χ4n) is 3.09. The molecule has 0 atom stereocenters. The summed E-state index contributed by atoms with van der Waals surface area (Å²) < 4.78 is 40.8. The van der Waals surface area contributed by atoms with E-state index >= 15 is 0 Å². The number of hydrogen-bond acceptors (Lipinski definition) is 6. The van der Waals surface area contributed by atoms with E-state index in [1.165, 1.54) is 22.2 Å². The van der Waals surface area contributed by atoms with Crippen molar-refractivity contribution in [3.8, 4) is 0 Å². The number of piperazine rings is 1. The highest BCUT2D eigenvalue weighted by molar-refractivity contribution is 7.90. The Kier molecular flexibility index (Phi) is 5.90. The normalized spacial score (nSPS) is 14.4. The van der Waals surface area contributed by atoms with Gasteiger partial charge in [-0.05, 0) is 30.3 Å². The van der Waals surface area contributed by atoms with E-state index in [0.29, 0.717) is 11.0 Å². The first kappa shape index (κ1) is 19.8. The first-order chi connectivity index (χ1) is 13.5. The second kappa shape index (κ2) is 8.36. The molecular weight excluding hydrogens is 387 g/mol. The van der Waals surface area contributed by atoms with E-state index in [1.807, 2.05) is 0 Å². The summed E-state index contributed by atoms with van der Waals surface area (Å²) in [5.41, 5.74) is 1.89. The van der Waals surface area contributed by atoms with E-state index in [0.717, 1.165) is 37.9 Å². The van der Waals surface area contributed by atoms with Crippen molar-refractivity contribution in [2.75, 3.05) is 31.1 Å². The van der Waals surface area contributed by atoms with E-state index in [-0.39, 0.29) is 11.4 Å². The number of halogens is 1. The Bertz CT molecular complexity index is 1080. The van der Waals surface area contributed by atoms with Gasteiger partial charge in [0.15, 0.2) is 0 Å². The number of fused-ring (bicyclic) bond motifs is 1. The van der Waals surface area contributed by atoms with Crippen LogP contribution in [0.15, 0.2) is 53.7 Å². The monoisotopic (exact) mass is 406 g/mol. The molecule has 3 aromatic rings. The molecule has 0 aliphatic carbocycles. The van der Waals surface area contributed by atoms with Crippen molar-refractivity contribution in [3.63, 3.8) is 0 Å². The lowest BCUT2D eigenvalue weighted by Crippen LogP contribution is -2.43. The Morgan fingerprint density at radius 2 is 1.89 bits per heavy atom. The number of benzene rings is 1. The molecule has 1 saturated heterocycles. The van der Waals surface area contributed by atoms with Crippen LogP contribution in [0.3, 0.4) is 0 Å². The fraction of sp³-hybridized carbons (Fsp3) is 0.222. The molecule has 1 aliphatic rings. The molecule has 148 valence electrons. The highest BCUT2D eigenvalue weighted by Crippen LogP contribution is 2.30. The number of pyridine rings is 1. The summed E-state index contributed by atoms with van der Waals surface area (Å²) >= 11 is 0. The largest absolute Gasteiger partial charge is 0.483 e. The zero-order valence-corrected chi connectivity index (χ0v) is 15.6. The molecule has 2 aromatic heterocycles. The summed E-state index contributed by atoms with van der Waals surface area (Å²) in [4.78, 5) is 14.8. The number of hydrogen-bond donors (Lipinski definition) is 2. The Morgan fingerprint density at radius 3 is 2.57 bits per heavy atom. The van der Waals surface area contributed by atoms with Crippen LogP contribution in [0.2, 0.25) is 0 Å². The molecule has 0 radical (unpaired) electrons. The van der Waals surface area contributed by atoms with Gasteiger partial charge < -0.3 is 15.3 Å². The van der Waals surface area contributed by atoms with E-state index in [1.54, 1.807) is 24.5 Å². The minimum absolute atomic E-state index is 0.0832. The van der Waals surface area contributed by atoms with Crippen molar-refractivity contribution in [1.82, 2.24) is 14.3 Å². The van der Waals surface area contributed by atoms with Crippen LogP contribution in [0.5, 0.6) is 0 Å². The van der Waals surface area contributed by atoms with E-state index in [9.17, 15) is 12.8 Å². The quantitative estimate of drug-likeness (QED) is 0.636. The van der Waals surface area contributed by atoms with Crippen LogP contribution in [0.4, 0.5) is 10.1 Å². The van der Waals surface area contributed by atoms with Gasteiger partial charge in [-0.25, -0.2) is 16.8 Å². The molecule has 8 nitrogen and oxygen atoms in total. The van der Waals surface area contributed by atoms with Gasteiger partial charge in [0.25, 0.3) is 16.5 Å². The molecule has 1 fully saturated rings. The lowest BCUT2D eigenvalue weighted by molar-refractivity contribution is -0.122. The van der Waals surface area contributed by atoms with Gasteiger partial charge in [-0.15, -0.1) is 0 Å². The molecule has 3 heterocycles. The molecule has 28 heavy (non-hydrogen) atoms. The van der Waals surface area contributed by atoms with Crippen molar-refractivity contribution in [2.45, 2.75) is 4.90 Å². The Morgan fingerprint density at radius 1 is 1.18 bits per heavy atom. The van der Waals surface area contributed by atoms with Crippen molar-refractivity contribution in [2.24, 2.45) is 0 Å². The molecule has 0 amide bonds. The molecule has 1 aliphatic heterocycles. The van der Waals surface area contributed by atoms with Gasteiger partial charge in [0.1, 0.15) is 11.3 Å². The zero-order chi connectivity index (χ0) is 20.1. The van der Waals surface area contributed by atoms with E-state index < -0.39 is 15.8 Å². The lowest BCUT2D eigenvalue weighted by Gasteiger charge is -2.28. The summed E-state index contributed by atoms with van der Waals surface area (Å²) in [5, 5.41) is 10.2. The number of carboxylic acid groups (broad SMARTS) is 1. The third kappa shape index (κ3) is 3.82. The highest BCUT2D eigenvalue weighted by Gasteiger charge is 2.24. The number of nitrogens with zero attached hydrogens (tertiary/aromatic N) is 3. The topological polar surface area (TPSA) is 105 Å². The van der Waals surface area contributed by atoms with Gasteiger partial charge in [-0.3, -0.25) is 9.78 Å². The average Bonchev–Trinajstić information content (AvgIpc) is 3.10. The van der Waals surface area contributed by atoms with E-state index in [2.05, 4.69) is 15.2 Å². The summed E-state index contributed by atoms with van der Waals surface area (Å²) in [6, 6.07) is 8.45. The Labute approximate surface area is 161 Å². The molecule has 0 unspecified atom stereocenters. The van der Waals surface area contributed by atoms with Gasteiger partial charge in [0.2, 0.25) is 0 Å². The average molecular weight is 406 g/mol. The van der Waals surface area contributed by atoms with Crippen LogP contribution >= 0.6 is 0 Å². The third-order valence-corrected chi connectivity index (χ3v) is 5.99. The van der Waals surface area contributed by atoms with Crippen molar-refractivity contribution in [1.29, 1.82) is 0 Å². The molecule has 2 N–H and O–H groups in total. The van der Waals surface area contributed by atoms with Gasteiger partial charge in [0.05, 0.1) is 16.1 Å². The first-order valence-electron chi connectivity index (χ1n) is 8.50. The maximum Gasteiger partial charge on any atom is 0.290 e. The Balaban J connectivity index is 0.000000706. The van der Waals surface area contributed by atoms with Crippen molar-refractivity contribution < 1.29 is 22.7 Å². The molecule has 0 spiro atoms. The fourth-order valence-corrected chi connectivity index (χ4v) is 4.47. The number of nitrogens with one attached hydrogen (secondary N) is 1. The molecule has 0 saturated carbocycles. The molecule has 4 rings (SSSR count). The highest BCUT2D eigenvalue weighted by atomic mass is 32.2. The second-order valence-corrected chi connectivity index (χ2v) is 7.80. The predicted octanol–water partition coefficient (Wildman–Crippen LogP) is 1.52. The predicted molar refractivity (Wildman–Crippen MR) is 102 cm³/mol. The second-order valence-electron chi connectivity index (χ2n) is 5.99. The van der Waals surface area contributed by atoms with Crippen LogP contribution in [-0.4, -0.2) is 55.1 Å². The number of anilines is 1. The minimum atomic E-state index is -3.91. The summed E-state index contributed by atoms with van der Waals surface area (Å²) in [7, 11) is -3.91. The molecule has 10 heteroatoms. The summed E-state index contributed by atoms with van der Waals surface area (Å²) in [6.07, 6.45) is 3.23. The molecule has 0 bridgehead atoms. The van der Waals surface area contributed by atoms with E-state index in [4.69, 9.17) is 9.90 Å². The van der Waals surface area contributed by atoms with Crippen LogP contribution in [0.1, 0.15) is 0 Å². The SMILES string of the molecule is O=CO.O=S(=O)(c1cccc(F)c1)n1cc(N2CCNCC2)c2ncccc21. The lowest BCUT2D eigenvalue weighted by atomic mass is 10.3. The van der Waals surface area contributed by atoms with Crippen molar-refractivity contribution >= 4 is 33.2 Å². The Hall–Kier alpha value is -2.98. The summed E-state index contributed by atoms with van der Waals surface area (Å²) in [6.45, 7) is 2.96. The standard InChI is InChI=1S/C17H17FN4O2S.CH2O2/c18-13-3-1-4-14(11-13)25(23,24)22-12-16(21-9-7-19-8-10-21)17-15(22)5-2-6-20-17;2-1-3/h1-6,11-12,19H,7-10H2;1H,(H,2,3). The molecular formula is C18H19FN4O4S. The van der Waals surface area contributed by atoms with Crippen LogP contribution in [0.25, 0.3) is 11.0 Å². The number of rotatable bonds is 3. The first-order valence-corrected chi connectivity index (χ1v) is 9.94. The number of aromatic nitrogens is 2. The smallest absolute Gasteiger partial charge is 0.290 e.